The average Bonchev–Trinajstić information content (AvgIpc) is 2.60. The van der Waals surface area contributed by atoms with Gasteiger partial charge in [0.05, 0.1) is 12.0 Å². The van der Waals surface area contributed by atoms with Crippen molar-refractivity contribution in [1.82, 2.24) is 4.90 Å². The zero-order chi connectivity index (χ0) is 18.4. The topological polar surface area (TPSA) is 41.9 Å². The Morgan fingerprint density at radius 1 is 1.12 bits per heavy atom. The number of hydrogen-bond acceptors (Lipinski definition) is 3. The van der Waals surface area contributed by atoms with E-state index in [1.807, 2.05) is 75.5 Å². The van der Waals surface area contributed by atoms with Gasteiger partial charge in [0.2, 0.25) is 0 Å². The van der Waals surface area contributed by atoms with Crippen LogP contribution < -0.4 is 4.74 Å². The van der Waals surface area contributed by atoms with Gasteiger partial charge in [-0.2, -0.15) is 0 Å². The van der Waals surface area contributed by atoms with Crippen LogP contribution in [0.4, 0.5) is 5.69 Å². The first-order valence-corrected chi connectivity index (χ1v) is 8.49. The van der Waals surface area contributed by atoms with E-state index < -0.39 is 0 Å². The molecule has 2 aromatic rings. The van der Waals surface area contributed by atoms with E-state index in [1.54, 1.807) is 0 Å². The summed E-state index contributed by atoms with van der Waals surface area (Å²) < 4.78 is 5.69. The molecule has 0 amide bonds. The van der Waals surface area contributed by atoms with Crippen molar-refractivity contribution in [1.29, 1.82) is 0 Å². The van der Waals surface area contributed by atoms with Crippen LogP contribution in [0, 0.1) is 20.8 Å². The Hall–Kier alpha value is -2.62. The minimum absolute atomic E-state index is 0.0231. The number of hydrogen-bond donors (Lipinski definition) is 0. The van der Waals surface area contributed by atoms with E-state index in [1.165, 1.54) is 0 Å². The molecule has 2 aromatic carbocycles. The number of ketones is 1. The fourth-order valence-corrected chi connectivity index (χ4v) is 2.42. The van der Waals surface area contributed by atoms with Gasteiger partial charge in [-0.1, -0.05) is 18.2 Å². The van der Waals surface area contributed by atoms with Crippen LogP contribution >= 0.6 is 0 Å². The van der Waals surface area contributed by atoms with Gasteiger partial charge >= 0.3 is 0 Å². The maximum atomic E-state index is 12.6. The Labute approximate surface area is 150 Å². The van der Waals surface area contributed by atoms with Gasteiger partial charge in [-0.3, -0.25) is 4.79 Å². The molecule has 2 rings (SSSR count). The molecule has 4 heteroatoms. The monoisotopic (exact) mass is 338 g/mol. The van der Waals surface area contributed by atoms with Crippen molar-refractivity contribution >= 4 is 17.8 Å². The van der Waals surface area contributed by atoms with Crippen molar-refractivity contribution in [2.75, 3.05) is 20.2 Å². The molecule has 0 unspecified atom stereocenters. The molecule has 0 saturated heterocycles. The maximum Gasteiger partial charge on any atom is 0.200 e. The summed E-state index contributed by atoms with van der Waals surface area (Å²) in [6.45, 7) is 8.87. The summed E-state index contributed by atoms with van der Waals surface area (Å²) in [5.74, 6) is 0.721. The lowest BCUT2D eigenvalue weighted by Crippen LogP contribution is -2.15. The van der Waals surface area contributed by atoms with E-state index >= 15 is 0 Å². The predicted molar refractivity (Wildman–Crippen MR) is 103 cm³/mol. The molecule has 0 bridgehead atoms. The second-order valence-corrected chi connectivity index (χ2v) is 6.25. The molecule has 0 aliphatic carbocycles. The fourth-order valence-electron chi connectivity index (χ4n) is 2.42. The lowest BCUT2D eigenvalue weighted by atomic mass is 10.0. The average molecular weight is 338 g/mol. The third kappa shape index (κ3) is 4.92. The number of aryl methyl sites for hydroxylation is 3. The molecule has 0 aromatic heterocycles. The normalized spacial score (nSPS) is 10.9. The van der Waals surface area contributed by atoms with Crippen LogP contribution in [0.3, 0.4) is 0 Å². The molecule has 0 aliphatic heterocycles. The number of benzene rings is 2. The molecule has 0 heterocycles. The molecular formula is C21H26N2O2. The van der Waals surface area contributed by atoms with Crippen LogP contribution in [0.1, 0.15) is 34.0 Å². The largest absolute Gasteiger partial charge is 0.485 e. The zero-order valence-corrected chi connectivity index (χ0v) is 15.7. The summed E-state index contributed by atoms with van der Waals surface area (Å²) in [5, 5.41) is 0. The number of para-hydroxylation sites is 1. The molecule has 0 aliphatic rings. The first-order chi connectivity index (χ1) is 11.9. The van der Waals surface area contributed by atoms with Crippen LogP contribution in [0.15, 0.2) is 41.4 Å². The summed E-state index contributed by atoms with van der Waals surface area (Å²) in [6, 6.07) is 11.6. The molecule has 0 radical (unpaired) electrons. The molecule has 25 heavy (non-hydrogen) atoms. The fraction of sp³-hybridized carbons (Fsp3) is 0.333. The highest BCUT2D eigenvalue weighted by molar-refractivity contribution is 5.99. The van der Waals surface area contributed by atoms with Crippen LogP contribution in [0.25, 0.3) is 0 Å². The van der Waals surface area contributed by atoms with Crippen LogP contribution in [0.5, 0.6) is 5.75 Å². The summed E-state index contributed by atoms with van der Waals surface area (Å²) >= 11 is 0. The van der Waals surface area contributed by atoms with Gasteiger partial charge in [-0.25, -0.2) is 4.99 Å². The van der Waals surface area contributed by atoms with Gasteiger partial charge in [0.15, 0.2) is 12.4 Å². The van der Waals surface area contributed by atoms with Crippen LogP contribution in [0.2, 0.25) is 0 Å². The molecule has 0 spiro atoms. The Morgan fingerprint density at radius 3 is 2.52 bits per heavy atom. The molecular weight excluding hydrogens is 312 g/mol. The summed E-state index contributed by atoms with van der Waals surface area (Å²) in [6.07, 6.45) is 1.81. The highest BCUT2D eigenvalue weighted by Gasteiger charge is 2.13. The van der Waals surface area contributed by atoms with Crippen molar-refractivity contribution < 1.29 is 9.53 Å². The molecule has 0 N–H and O–H groups in total. The number of nitrogens with zero attached hydrogens (tertiary/aromatic N) is 2. The minimum atomic E-state index is -0.0231. The van der Waals surface area contributed by atoms with E-state index in [4.69, 9.17) is 4.74 Å². The number of aliphatic imine (C=N–C) groups is 1. The third-order valence-corrected chi connectivity index (χ3v) is 4.19. The molecule has 0 saturated carbocycles. The Bertz CT molecular complexity index is 781. The summed E-state index contributed by atoms with van der Waals surface area (Å²) in [4.78, 5) is 19.1. The Morgan fingerprint density at radius 2 is 1.84 bits per heavy atom. The van der Waals surface area contributed by atoms with Gasteiger partial charge in [0, 0.05) is 19.2 Å². The van der Waals surface area contributed by atoms with Gasteiger partial charge in [-0.05, 0) is 62.6 Å². The van der Waals surface area contributed by atoms with Gasteiger partial charge in [0.1, 0.15) is 5.75 Å². The number of carbonyl (C=O) groups is 1. The third-order valence-electron chi connectivity index (χ3n) is 4.19. The van der Waals surface area contributed by atoms with Crippen molar-refractivity contribution in [3.05, 3.63) is 58.7 Å². The second-order valence-electron chi connectivity index (χ2n) is 6.25. The molecule has 132 valence electrons. The van der Waals surface area contributed by atoms with Crippen molar-refractivity contribution in [2.24, 2.45) is 4.99 Å². The van der Waals surface area contributed by atoms with Gasteiger partial charge < -0.3 is 9.64 Å². The summed E-state index contributed by atoms with van der Waals surface area (Å²) in [7, 11) is 1.98. The maximum absolute atomic E-state index is 12.6. The van der Waals surface area contributed by atoms with Gasteiger partial charge in [-0.15, -0.1) is 0 Å². The standard InChI is InChI=1S/C21H26N2O2/c1-6-23(5)14-22-19-12-16(3)18(11-17(19)4)20(24)13-25-21-10-8-7-9-15(21)2/h7-12,14H,6,13H2,1-5H3. The highest BCUT2D eigenvalue weighted by atomic mass is 16.5. The Balaban J connectivity index is 2.13. The number of Topliss-reactive ketones (excluding diaryl/α,β-unsaturated/α-hetero) is 1. The van der Waals surface area contributed by atoms with E-state index in [9.17, 15) is 4.79 Å². The highest BCUT2D eigenvalue weighted by Crippen LogP contribution is 2.24. The van der Waals surface area contributed by atoms with E-state index in [0.717, 1.165) is 34.7 Å². The lowest BCUT2D eigenvalue weighted by Gasteiger charge is -2.12. The van der Waals surface area contributed by atoms with Gasteiger partial charge in [0.25, 0.3) is 0 Å². The van der Waals surface area contributed by atoms with Crippen molar-refractivity contribution in [2.45, 2.75) is 27.7 Å². The van der Waals surface area contributed by atoms with Crippen LogP contribution in [-0.4, -0.2) is 37.2 Å². The second kappa shape index (κ2) is 8.47. The van der Waals surface area contributed by atoms with E-state index in [-0.39, 0.29) is 12.4 Å². The lowest BCUT2D eigenvalue weighted by molar-refractivity contribution is 0.0920. The van der Waals surface area contributed by atoms with Crippen molar-refractivity contribution in [3.8, 4) is 5.75 Å². The summed E-state index contributed by atoms with van der Waals surface area (Å²) in [5.41, 5.74) is 4.48. The smallest absolute Gasteiger partial charge is 0.200 e. The van der Waals surface area contributed by atoms with Crippen molar-refractivity contribution in [3.63, 3.8) is 0 Å². The zero-order valence-electron chi connectivity index (χ0n) is 15.7. The molecule has 0 atom stereocenters. The number of ether oxygens (including phenoxy) is 1. The van der Waals surface area contributed by atoms with E-state index in [0.29, 0.717) is 5.56 Å². The molecule has 0 fully saturated rings. The molecule has 4 nitrogen and oxygen atoms in total. The SMILES string of the molecule is CCN(C)C=Nc1cc(C)c(C(=O)COc2ccccc2C)cc1C. The quantitative estimate of drug-likeness (QED) is 0.424. The minimum Gasteiger partial charge on any atom is -0.485 e. The number of rotatable bonds is 7. The number of carbonyl (C=O) groups excluding carboxylic acids is 1. The van der Waals surface area contributed by atoms with Crippen LogP contribution in [-0.2, 0) is 0 Å². The predicted octanol–water partition coefficient (Wildman–Crippen LogP) is 4.49. The first kappa shape index (κ1) is 18.7. The van der Waals surface area contributed by atoms with E-state index in [2.05, 4.69) is 11.9 Å². The Kier molecular flexibility index (Phi) is 6.34. The first-order valence-electron chi connectivity index (χ1n) is 8.49.